The van der Waals surface area contributed by atoms with Crippen molar-refractivity contribution in [3.63, 3.8) is 0 Å². The lowest BCUT2D eigenvalue weighted by Crippen LogP contribution is -2.34. The van der Waals surface area contributed by atoms with Gasteiger partial charge in [-0.3, -0.25) is 5.32 Å². The Hall–Kier alpha value is -1.10. The first-order valence-corrected chi connectivity index (χ1v) is 6.09. The second kappa shape index (κ2) is 5.70. The van der Waals surface area contributed by atoms with Crippen LogP contribution in [0.15, 0.2) is 5.38 Å². The van der Waals surface area contributed by atoms with Crippen LogP contribution in [0.25, 0.3) is 0 Å². The summed E-state index contributed by atoms with van der Waals surface area (Å²) in [6.45, 7) is 7.40. The molecule has 0 aliphatic heterocycles. The first-order valence-electron chi connectivity index (χ1n) is 5.21. The molecule has 1 N–H and O–H groups in total. The van der Waals surface area contributed by atoms with Crippen LogP contribution in [-0.2, 0) is 6.42 Å². The summed E-state index contributed by atoms with van der Waals surface area (Å²) in [5.74, 6) is 0. The van der Waals surface area contributed by atoms with Gasteiger partial charge in [-0.25, -0.2) is 9.78 Å². The van der Waals surface area contributed by atoms with E-state index in [-0.39, 0.29) is 6.03 Å². The number of thiazole rings is 1. The Bertz CT molecular complexity index is 320. The van der Waals surface area contributed by atoms with Crippen molar-refractivity contribution >= 4 is 22.5 Å². The van der Waals surface area contributed by atoms with Gasteiger partial charge in [-0.2, -0.15) is 0 Å². The summed E-state index contributed by atoms with van der Waals surface area (Å²) in [5.41, 5.74) is 1.02. The first-order chi connectivity index (χ1) is 7.21. The molecule has 1 rings (SSSR count). The van der Waals surface area contributed by atoms with Gasteiger partial charge in [0.05, 0.1) is 5.69 Å². The minimum absolute atomic E-state index is 0.0722. The molecule has 0 bridgehead atoms. The van der Waals surface area contributed by atoms with Crippen molar-refractivity contribution in [3.8, 4) is 0 Å². The molecule has 0 unspecified atom stereocenters. The van der Waals surface area contributed by atoms with Gasteiger partial charge in [-0.05, 0) is 20.3 Å². The predicted octanol–water partition coefficient (Wildman–Crippen LogP) is 2.58. The molecule has 1 aromatic heterocycles. The minimum atomic E-state index is -0.0722. The molecular weight excluding hydrogens is 210 g/mol. The number of hydrogen-bond acceptors (Lipinski definition) is 3. The number of carbonyl (C=O) groups excluding carboxylic acids is 1. The van der Waals surface area contributed by atoms with Crippen LogP contribution in [0.5, 0.6) is 0 Å². The molecule has 0 aromatic carbocycles. The summed E-state index contributed by atoms with van der Waals surface area (Å²) in [4.78, 5) is 17.7. The number of anilines is 1. The highest BCUT2D eigenvalue weighted by Gasteiger charge is 2.10. The first kappa shape index (κ1) is 12.0. The van der Waals surface area contributed by atoms with Crippen LogP contribution in [0.2, 0.25) is 0 Å². The molecule has 15 heavy (non-hydrogen) atoms. The SMILES string of the molecule is CCc1csc(NC(=O)N(CC)CC)n1. The molecule has 1 heterocycles. The van der Waals surface area contributed by atoms with E-state index < -0.39 is 0 Å². The van der Waals surface area contributed by atoms with Gasteiger partial charge in [0.2, 0.25) is 0 Å². The third-order valence-electron chi connectivity index (χ3n) is 2.18. The van der Waals surface area contributed by atoms with Crippen LogP contribution in [0.1, 0.15) is 26.5 Å². The van der Waals surface area contributed by atoms with Crippen LogP contribution in [0.4, 0.5) is 9.93 Å². The number of urea groups is 1. The molecule has 0 atom stereocenters. The summed E-state index contributed by atoms with van der Waals surface area (Å²) in [6.07, 6.45) is 0.900. The highest BCUT2D eigenvalue weighted by atomic mass is 32.1. The summed E-state index contributed by atoms with van der Waals surface area (Å²) in [7, 11) is 0. The van der Waals surface area contributed by atoms with Gasteiger partial charge in [-0.1, -0.05) is 6.92 Å². The molecule has 84 valence electrons. The van der Waals surface area contributed by atoms with E-state index in [1.54, 1.807) is 4.90 Å². The number of rotatable bonds is 4. The third-order valence-corrected chi connectivity index (χ3v) is 2.99. The second-order valence-corrected chi connectivity index (χ2v) is 3.96. The van der Waals surface area contributed by atoms with Gasteiger partial charge in [0.15, 0.2) is 5.13 Å². The summed E-state index contributed by atoms with van der Waals surface area (Å²) in [6, 6.07) is -0.0722. The van der Waals surface area contributed by atoms with E-state index in [2.05, 4.69) is 10.3 Å². The van der Waals surface area contributed by atoms with Gasteiger partial charge in [-0.15, -0.1) is 11.3 Å². The molecule has 0 aliphatic carbocycles. The summed E-state index contributed by atoms with van der Waals surface area (Å²) >= 11 is 1.47. The Morgan fingerprint density at radius 2 is 2.13 bits per heavy atom. The topological polar surface area (TPSA) is 45.2 Å². The molecule has 0 fully saturated rings. The fourth-order valence-electron chi connectivity index (χ4n) is 1.21. The Kier molecular flexibility index (Phi) is 4.55. The maximum Gasteiger partial charge on any atom is 0.323 e. The van der Waals surface area contributed by atoms with Gasteiger partial charge in [0, 0.05) is 18.5 Å². The van der Waals surface area contributed by atoms with E-state index >= 15 is 0 Å². The highest BCUT2D eigenvalue weighted by molar-refractivity contribution is 7.13. The maximum atomic E-state index is 11.7. The molecule has 4 nitrogen and oxygen atoms in total. The van der Waals surface area contributed by atoms with Gasteiger partial charge in [0.25, 0.3) is 0 Å². The molecule has 1 aromatic rings. The molecule has 0 aliphatic rings. The predicted molar refractivity (Wildman–Crippen MR) is 63.4 cm³/mol. The van der Waals surface area contributed by atoms with E-state index in [4.69, 9.17) is 0 Å². The lowest BCUT2D eigenvalue weighted by molar-refractivity contribution is 0.217. The zero-order valence-electron chi connectivity index (χ0n) is 9.41. The molecule has 5 heteroatoms. The molecule has 0 spiro atoms. The number of hydrogen-bond donors (Lipinski definition) is 1. The number of nitrogens with zero attached hydrogens (tertiary/aromatic N) is 2. The van der Waals surface area contributed by atoms with E-state index in [1.165, 1.54) is 11.3 Å². The van der Waals surface area contributed by atoms with Crippen molar-refractivity contribution in [2.45, 2.75) is 27.2 Å². The van der Waals surface area contributed by atoms with Crippen molar-refractivity contribution in [1.82, 2.24) is 9.88 Å². The van der Waals surface area contributed by atoms with Crippen molar-refractivity contribution in [1.29, 1.82) is 0 Å². The number of amides is 2. The number of aryl methyl sites for hydroxylation is 1. The standard InChI is InChI=1S/C10H17N3OS/c1-4-8-7-15-9(11-8)12-10(14)13(5-2)6-3/h7H,4-6H2,1-3H3,(H,11,12,14). The zero-order chi connectivity index (χ0) is 11.3. The summed E-state index contributed by atoms with van der Waals surface area (Å²) in [5, 5.41) is 5.45. The Morgan fingerprint density at radius 1 is 1.47 bits per heavy atom. The number of carbonyl (C=O) groups is 1. The van der Waals surface area contributed by atoms with Crippen molar-refractivity contribution < 1.29 is 4.79 Å². The summed E-state index contributed by atoms with van der Waals surface area (Å²) < 4.78 is 0. The van der Waals surface area contributed by atoms with Crippen LogP contribution < -0.4 is 5.32 Å². The van der Waals surface area contributed by atoms with Crippen LogP contribution in [0, 0.1) is 0 Å². The van der Waals surface area contributed by atoms with Gasteiger partial charge in [0.1, 0.15) is 0 Å². The third kappa shape index (κ3) is 3.20. The zero-order valence-corrected chi connectivity index (χ0v) is 10.2. The molecular formula is C10H17N3OS. The Morgan fingerprint density at radius 3 is 2.60 bits per heavy atom. The average Bonchev–Trinajstić information content (AvgIpc) is 2.67. The smallest absolute Gasteiger partial charge is 0.323 e. The molecule has 2 amide bonds. The minimum Gasteiger partial charge on any atom is -0.325 e. The molecule has 0 radical (unpaired) electrons. The lowest BCUT2D eigenvalue weighted by Gasteiger charge is -2.17. The normalized spacial score (nSPS) is 10.1. The van der Waals surface area contributed by atoms with Crippen LogP contribution in [-0.4, -0.2) is 29.0 Å². The van der Waals surface area contributed by atoms with Crippen molar-refractivity contribution in [3.05, 3.63) is 11.1 Å². The van der Waals surface area contributed by atoms with Crippen LogP contribution in [0.3, 0.4) is 0 Å². The fourth-order valence-corrected chi connectivity index (χ4v) is 1.99. The van der Waals surface area contributed by atoms with E-state index in [0.29, 0.717) is 18.2 Å². The Labute approximate surface area is 94.3 Å². The molecule has 0 saturated carbocycles. The van der Waals surface area contributed by atoms with Crippen molar-refractivity contribution in [2.24, 2.45) is 0 Å². The monoisotopic (exact) mass is 227 g/mol. The maximum absolute atomic E-state index is 11.7. The number of nitrogens with one attached hydrogen (secondary N) is 1. The van der Waals surface area contributed by atoms with Gasteiger partial charge < -0.3 is 4.90 Å². The fraction of sp³-hybridized carbons (Fsp3) is 0.600. The average molecular weight is 227 g/mol. The quantitative estimate of drug-likeness (QED) is 0.859. The van der Waals surface area contributed by atoms with Crippen LogP contribution >= 0.6 is 11.3 Å². The highest BCUT2D eigenvalue weighted by Crippen LogP contribution is 2.15. The number of aromatic nitrogens is 1. The van der Waals surface area contributed by atoms with Gasteiger partial charge >= 0.3 is 6.03 Å². The lowest BCUT2D eigenvalue weighted by atomic mass is 10.4. The van der Waals surface area contributed by atoms with E-state index in [9.17, 15) is 4.79 Å². The second-order valence-electron chi connectivity index (χ2n) is 3.10. The largest absolute Gasteiger partial charge is 0.325 e. The van der Waals surface area contributed by atoms with E-state index in [0.717, 1.165) is 12.1 Å². The Balaban J connectivity index is 2.57. The van der Waals surface area contributed by atoms with Crippen molar-refractivity contribution in [2.75, 3.05) is 18.4 Å². The van der Waals surface area contributed by atoms with E-state index in [1.807, 2.05) is 26.2 Å². The molecule has 0 saturated heterocycles.